The quantitative estimate of drug-likeness (QED) is 0.828. The molecule has 0 unspecified atom stereocenters. The molecule has 1 saturated heterocycles. The zero-order valence-corrected chi connectivity index (χ0v) is 9.33. The van der Waals surface area contributed by atoms with E-state index in [2.05, 4.69) is 29.3 Å². The molecule has 14 heavy (non-hydrogen) atoms. The van der Waals surface area contributed by atoms with Gasteiger partial charge < -0.3 is 5.11 Å². The van der Waals surface area contributed by atoms with E-state index in [0.717, 1.165) is 19.5 Å². The van der Waals surface area contributed by atoms with Crippen LogP contribution in [0.4, 0.5) is 0 Å². The Kier molecular flexibility index (Phi) is 3.21. The van der Waals surface area contributed by atoms with E-state index in [4.69, 9.17) is 5.11 Å². The van der Waals surface area contributed by atoms with Gasteiger partial charge in [0.15, 0.2) is 0 Å². The molecular formula is C11H17NOS. The number of hydrogen-bond acceptors (Lipinski definition) is 3. The van der Waals surface area contributed by atoms with Crippen molar-refractivity contribution in [1.29, 1.82) is 0 Å². The lowest BCUT2D eigenvalue weighted by Gasteiger charge is -2.23. The lowest BCUT2D eigenvalue weighted by atomic mass is 10.1. The zero-order chi connectivity index (χ0) is 9.97. The summed E-state index contributed by atoms with van der Waals surface area (Å²) >= 11 is 1.82. The van der Waals surface area contributed by atoms with Gasteiger partial charge in [-0.15, -0.1) is 11.3 Å². The first-order chi connectivity index (χ1) is 6.81. The van der Waals surface area contributed by atoms with Crippen LogP contribution >= 0.6 is 11.3 Å². The number of rotatable bonds is 3. The summed E-state index contributed by atoms with van der Waals surface area (Å²) in [4.78, 5) is 3.90. The van der Waals surface area contributed by atoms with E-state index in [1.807, 2.05) is 11.3 Å². The zero-order valence-electron chi connectivity index (χ0n) is 8.52. The monoisotopic (exact) mass is 211 g/mol. The maximum atomic E-state index is 9.07. The van der Waals surface area contributed by atoms with Gasteiger partial charge in [-0.1, -0.05) is 6.07 Å². The lowest BCUT2D eigenvalue weighted by molar-refractivity contribution is 0.206. The van der Waals surface area contributed by atoms with Crippen molar-refractivity contribution in [2.75, 3.05) is 19.7 Å². The normalized spacial score (nSPS) is 25.4. The second kappa shape index (κ2) is 4.43. The predicted molar refractivity (Wildman–Crippen MR) is 59.5 cm³/mol. The molecule has 1 aromatic heterocycles. The minimum Gasteiger partial charge on any atom is -0.396 e. The van der Waals surface area contributed by atoms with E-state index in [1.165, 1.54) is 4.88 Å². The highest BCUT2D eigenvalue weighted by atomic mass is 32.1. The molecule has 1 N–H and O–H groups in total. The largest absolute Gasteiger partial charge is 0.396 e. The molecule has 1 aromatic rings. The molecule has 3 heteroatoms. The first-order valence-corrected chi connectivity index (χ1v) is 6.07. The molecule has 2 rings (SSSR count). The van der Waals surface area contributed by atoms with Crippen LogP contribution in [0, 0.1) is 5.92 Å². The van der Waals surface area contributed by atoms with Gasteiger partial charge in [0.25, 0.3) is 0 Å². The molecule has 0 spiro atoms. The number of likely N-dealkylation sites (tertiary alicyclic amines) is 1. The van der Waals surface area contributed by atoms with E-state index >= 15 is 0 Å². The molecule has 0 aliphatic carbocycles. The molecule has 2 heterocycles. The third-order valence-electron chi connectivity index (χ3n) is 3.08. The van der Waals surface area contributed by atoms with Crippen LogP contribution in [0.25, 0.3) is 0 Å². The van der Waals surface area contributed by atoms with Gasteiger partial charge >= 0.3 is 0 Å². The van der Waals surface area contributed by atoms with Crippen LogP contribution in [-0.4, -0.2) is 29.7 Å². The Morgan fingerprint density at radius 2 is 2.57 bits per heavy atom. The Hall–Kier alpha value is -0.380. The fourth-order valence-electron chi connectivity index (χ4n) is 2.07. The van der Waals surface area contributed by atoms with Crippen molar-refractivity contribution in [2.24, 2.45) is 5.92 Å². The Bertz CT molecular complexity index is 273. The van der Waals surface area contributed by atoms with Gasteiger partial charge in [0.2, 0.25) is 0 Å². The third-order valence-corrected chi connectivity index (χ3v) is 4.12. The fraction of sp³-hybridized carbons (Fsp3) is 0.636. The smallest absolute Gasteiger partial charge is 0.0471 e. The van der Waals surface area contributed by atoms with Crippen LogP contribution in [0.3, 0.4) is 0 Å². The summed E-state index contributed by atoms with van der Waals surface area (Å²) in [6.07, 6.45) is 1.15. The Morgan fingerprint density at radius 3 is 3.14 bits per heavy atom. The molecule has 2 atom stereocenters. The molecule has 1 aliphatic rings. The molecule has 78 valence electrons. The predicted octanol–water partition coefficient (Wildman–Crippen LogP) is 2.12. The van der Waals surface area contributed by atoms with Gasteiger partial charge in [0.1, 0.15) is 0 Å². The third kappa shape index (κ3) is 2.00. The SMILES string of the molecule is C[C@@H](c1cccs1)N1CC[C@H](CO)C1. The Morgan fingerprint density at radius 1 is 1.71 bits per heavy atom. The topological polar surface area (TPSA) is 23.5 Å². The molecule has 0 amide bonds. The standard InChI is InChI=1S/C11H17NOS/c1-9(11-3-2-6-14-11)12-5-4-10(7-12)8-13/h2-3,6,9-10,13H,4-5,7-8H2,1H3/t9-,10-/m0/s1. The first-order valence-electron chi connectivity index (χ1n) is 5.19. The number of thiophene rings is 1. The summed E-state index contributed by atoms with van der Waals surface area (Å²) in [6, 6.07) is 4.82. The average molecular weight is 211 g/mol. The lowest BCUT2D eigenvalue weighted by Crippen LogP contribution is -2.24. The van der Waals surface area contributed by atoms with Gasteiger partial charge in [-0.3, -0.25) is 4.90 Å². The molecule has 0 bridgehead atoms. The van der Waals surface area contributed by atoms with Crippen LogP contribution in [0.5, 0.6) is 0 Å². The highest BCUT2D eigenvalue weighted by Gasteiger charge is 2.26. The second-order valence-electron chi connectivity index (χ2n) is 4.02. The van der Waals surface area contributed by atoms with Crippen molar-refractivity contribution in [3.8, 4) is 0 Å². The van der Waals surface area contributed by atoms with Gasteiger partial charge in [0, 0.05) is 24.1 Å². The van der Waals surface area contributed by atoms with Crippen molar-refractivity contribution in [3.63, 3.8) is 0 Å². The number of aliphatic hydroxyl groups excluding tert-OH is 1. The number of hydrogen-bond donors (Lipinski definition) is 1. The minimum atomic E-state index is 0.341. The Labute approximate surface area is 89.2 Å². The Balaban J connectivity index is 1.97. The van der Waals surface area contributed by atoms with Crippen molar-refractivity contribution < 1.29 is 5.11 Å². The summed E-state index contributed by atoms with van der Waals surface area (Å²) in [7, 11) is 0. The summed E-state index contributed by atoms with van der Waals surface area (Å²) in [6.45, 7) is 4.78. The fourth-order valence-corrected chi connectivity index (χ4v) is 2.89. The van der Waals surface area contributed by atoms with Crippen LogP contribution in [0.2, 0.25) is 0 Å². The van der Waals surface area contributed by atoms with Crippen molar-refractivity contribution in [3.05, 3.63) is 22.4 Å². The maximum Gasteiger partial charge on any atom is 0.0471 e. The summed E-state index contributed by atoms with van der Waals surface area (Å²) in [5.41, 5.74) is 0. The van der Waals surface area contributed by atoms with Gasteiger partial charge in [-0.05, 0) is 37.3 Å². The highest BCUT2D eigenvalue weighted by molar-refractivity contribution is 7.10. The number of aliphatic hydroxyl groups is 1. The summed E-state index contributed by atoms with van der Waals surface area (Å²) < 4.78 is 0. The van der Waals surface area contributed by atoms with Crippen molar-refractivity contribution in [1.82, 2.24) is 4.90 Å². The van der Waals surface area contributed by atoms with Crippen LogP contribution < -0.4 is 0 Å². The first kappa shape index (κ1) is 10.1. The van der Waals surface area contributed by atoms with E-state index in [0.29, 0.717) is 18.6 Å². The van der Waals surface area contributed by atoms with Gasteiger partial charge in [-0.25, -0.2) is 0 Å². The minimum absolute atomic E-state index is 0.341. The van der Waals surface area contributed by atoms with E-state index < -0.39 is 0 Å². The van der Waals surface area contributed by atoms with E-state index in [-0.39, 0.29) is 0 Å². The molecule has 1 aliphatic heterocycles. The second-order valence-corrected chi connectivity index (χ2v) is 5.00. The average Bonchev–Trinajstić information content (AvgIpc) is 2.88. The van der Waals surface area contributed by atoms with Crippen LogP contribution in [0.1, 0.15) is 24.3 Å². The van der Waals surface area contributed by atoms with E-state index in [9.17, 15) is 0 Å². The summed E-state index contributed by atoms with van der Waals surface area (Å²) in [5.74, 6) is 0.498. The molecule has 0 saturated carbocycles. The van der Waals surface area contributed by atoms with Crippen LogP contribution in [-0.2, 0) is 0 Å². The molecular weight excluding hydrogens is 194 g/mol. The molecule has 0 radical (unpaired) electrons. The maximum absolute atomic E-state index is 9.07. The highest BCUT2D eigenvalue weighted by Crippen LogP contribution is 2.29. The van der Waals surface area contributed by atoms with Gasteiger partial charge in [0.05, 0.1) is 0 Å². The number of nitrogens with zero attached hydrogens (tertiary/aromatic N) is 1. The van der Waals surface area contributed by atoms with Crippen molar-refractivity contribution in [2.45, 2.75) is 19.4 Å². The summed E-state index contributed by atoms with van der Waals surface area (Å²) in [5, 5.41) is 11.2. The van der Waals surface area contributed by atoms with Crippen LogP contribution in [0.15, 0.2) is 17.5 Å². The van der Waals surface area contributed by atoms with E-state index in [1.54, 1.807) is 0 Å². The van der Waals surface area contributed by atoms with Gasteiger partial charge in [-0.2, -0.15) is 0 Å². The van der Waals surface area contributed by atoms with Crippen molar-refractivity contribution >= 4 is 11.3 Å². The molecule has 2 nitrogen and oxygen atoms in total. The molecule has 0 aromatic carbocycles. The molecule has 1 fully saturated rings.